The van der Waals surface area contributed by atoms with Crippen molar-refractivity contribution in [2.45, 2.75) is 18.8 Å². The molecule has 2 aromatic carbocycles. The maximum Gasteiger partial charge on any atom is 0.242 e. The number of hydrogen-bond acceptors (Lipinski definition) is 5. The van der Waals surface area contributed by atoms with Gasteiger partial charge in [0.05, 0.1) is 0 Å². The first-order chi connectivity index (χ1) is 11.6. The minimum Gasteiger partial charge on any atom is -0.367 e. The number of halogens is 2. The van der Waals surface area contributed by atoms with Crippen LogP contribution in [0.2, 0.25) is 5.02 Å². The van der Waals surface area contributed by atoms with Crippen LogP contribution in [0.1, 0.15) is 5.56 Å². The highest BCUT2D eigenvalue weighted by Gasteiger charge is 2.32. The molecule has 2 atom stereocenters. The molecule has 2 unspecified atom stereocenters. The lowest BCUT2D eigenvalue weighted by Gasteiger charge is -2.20. The maximum absolute atomic E-state index is 12.4. The van der Waals surface area contributed by atoms with Crippen LogP contribution in [-0.4, -0.2) is 18.1 Å². The average Bonchev–Trinajstić information content (AvgIpc) is 3.01. The topological polar surface area (TPSA) is 77.2 Å². The molecule has 8 heteroatoms. The molecule has 126 valence electrons. The molecule has 1 amide bonds. The lowest BCUT2D eigenvalue weighted by atomic mass is 10.2. The molecule has 0 spiro atoms. The van der Waals surface area contributed by atoms with E-state index in [1.165, 1.54) is 0 Å². The van der Waals surface area contributed by atoms with Gasteiger partial charge in [0.25, 0.3) is 0 Å². The molecule has 1 saturated heterocycles. The van der Waals surface area contributed by atoms with E-state index in [4.69, 9.17) is 11.6 Å². The van der Waals surface area contributed by atoms with Gasteiger partial charge in [0.2, 0.25) is 5.91 Å². The monoisotopic (exact) mass is 409 g/mol. The molecule has 0 aliphatic carbocycles. The number of nitrogens with one attached hydrogen (secondary N) is 5. The zero-order chi connectivity index (χ0) is 16.9. The maximum atomic E-state index is 12.4. The Kier molecular flexibility index (Phi) is 5.70. The fraction of sp³-hybridized carbons (Fsp3) is 0.188. The normalized spacial score (nSPS) is 19.9. The third kappa shape index (κ3) is 4.46. The van der Waals surface area contributed by atoms with Gasteiger partial charge in [-0.3, -0.25) is 4.79 Å². The second-order valence-corrected chi connectivity index (χ2v) is 6.72. The van der Waals surface area contributed by atoms with Crippen molar-refractivity contribution >= 4 is 39.1 Å². The fourth-order valence-electron chi connectivity index (χ4n) is 2.40. The number of carbonyl (C=O) groups is 1. The largest absolute Gasteiger partial charge is 0.367 e. The number of hydrazine groups is 2. The van der Waals surface area contributed by atoms with Gasteiger partial charge in [-0.15, -0.1) is 0 Å². The Balaban J connectivity index is 1.59. The van der Waals surface area contributed by atoms with Crippen LogP contribution in [0.4, 0.5) is 5.69 Å². The van der Waals surface area contributed by atoms with Crippen LogP contribution in [0.3, 0.4) is 0 Å². The van der Waals surface area contributed by atoms with Gasteiger partial charge in [-0.25, -0.2) is 10.9 Å². The number of amides is 1. The molecule has 0 aromatic heterocycles. The minimum absolute atomic E-state index is 0.119. The van der Waals surface area contributed by atoms with Crippen molar-refractivity contribution in [3.05, 3.63) is 63.6 Å². The van der Waals surface area contributed by atoms with Crippen LogP contribution in [0.5, 0.6) is 0 Å². The first-order valence-electron chi connectivity index (χ1n) is 7.42. The van der Waals surface area contributed by atoms with E-state index in [1.807, 2.05) is 36.4 Å². The summed E-state index contributed by atoms with van der Waals surface area (Å²) < 4.78 is 0.983. The zero-order valence-corrected chi connectivity index (χ0v) is 15.0. The molecule has 0 bridgehead atoms. The Bertz CT molecular complexity index is 729. The standard InChI is InChI=1S/C16H17BrClN5O/c17-11-4-1-3-10(7-11)9-19-16(24)14-15(22-23-21-14)20-13-6-2-5-12(18)8-13/h1-8,14-15,20-23H,9H2,(H,19,24). The Labute approximate surface area is 153 Å². The van der Waals surface area contributed by atoms with E-state index in [0.29, 0.717) is 11.6 Å². The summed E-state index contributed by atoms with van der Waals surface area (Å²) in [5, 5.41) is 6.79. The van der Waals surface area contributed by atoms with Gasteiger partial charge in [-0.1, -0.05) is 45.7 Å². The van der Waals surface area contributed by atoms with Gasteiger partial charge >= 0.3 is 0 Å². The smallest absolute Gasteiger partial charge is 0.242 e. The van der Waals surface area contributed by atoms with Crippen LogP contribution >= 0.6 is 27.5 Å². The molecule has 0 radical (unpaired) electrons. The summed E-state index contributed by atoms with van der Waals surface area (Å²) >= 11 is 9.41. The first kappa shape index (κ1) is 17.2. The van der Waals surface area contributed by atoms with Crippen molar-refractivity contribution < 1.29 is 4.79 Å². The Morgan fingerprint density at radius 1 is 1.17 bits per heavy atom. The third-order valence-corrected chi connectivity index (χ3v) is 4.30. The molecule has 1 fully saturated rings. The molecule has 2 aromatic rings. The Hall–Kier alpha value is -1.64. The minimum atomic E-state index is -0.476. The SMILES string of the molecule is O=C(NCc1cccc(Br)c1)C1NNNC1Nc1cccc(Cl)c1. The Morgan fingerprint density at radius 2 is 2.00 bits per heavy atom. The molecule has 1 aliphatic heterocycles. The van der Waals surface area contributed by atoms with E-state index < -0.39 is 6.04 Å². The van der Waals surface area contributed by atoms with Crippen LogP contribution in [0.15, 0.2) is 53.0 Å². The number of anilines is 1. The van der Waals surface area contributed by atoms with Gasteiger partial charge in [0, 0.05) is 21.7 Å². The number of carbonyl (C=O) groups excluding carboxylic acids is 1. The van der Waals surface area contributed by atoms with Crippen molar-refractivity contribution in [1.82, 2.24) is 21.7 Å². The van der Waals surface area contributed by atoms with E-state index in [1.54, 1.807) is 12.1 Å². The second-order valence-electron chi connectivity index (χ2n) is 5.37. The lowest BCUT2D eigenvalue weighted by molar-refractivity contribution is -0.123. The molecular weight excluding hydrogens is 394 g/mol. The third-order valence-electron chi connectivity index (χ3n) is 3.57. The molecule has 1 aliphatic rings. The van der Waals surface area contributed by atoms with Gasteiger partial charge in [-0.2, -0.15) is 5.53 Å². The van der Waals surface area contributed by atoms with Gasteiger partial charge < -0.3 is 10.6 Å². The summed E-state index contributed by atoms with van der Waals surface area (Å²) in [6.45, 7) is 0.459. The molecule has 0 saturated carbocycles. The van der Waals surface area contributed by atoms with Crippen LogP contribution < -0.4 is 27.0 Å². The molecule has 1 heterocycles. The number of hydrogen-bond donors (Lipinski definition) is 5. The predicted octanol–water partition coefficient (Wildman–Crippen LogP) is 2.14. The summed E-state index contributed by atoms with van der Waals surface area (Å²) in [4.78, 5) is 12.4. The second kappa shape index (κ2) is 7.96. The van der Waals surface area contributed by atoms with Crippen molar-refractivity contribution in [1.29, 1.82) is 0 Å². The van der Waals surface area contributed by atoms with E-state index in [9.17, 15) is 4.79 Å². The molecule has 3 rings (SSSR count). The summed E-state index contributed by atoms with van der Waals surface area (Å²) in [6.07, 6.45) is -0.314. The lowest BCUT2D eigenvalue weighted by Crippen LogP contribution is -2.50. The van der Waals surface area contributed by atoms with Crippen LogP contribution in [0.25, 0.3) is 0 Å². The number of benzene rings is 2. The average molecular weight is 411 g/mol. The highest BCUT2D eigenvalue weighted by Crippen LogP contribution is 2.16. The van der Waals surface area contributed by atoms with E-state index in [-0.39, 0.29) is 12.1 Å². The highest BCUT2D eigenvalue weighted by atomic mass is 79.9. The number of rotatable bonds is 5. The van der Waals surface area contributed by atoms with Gasteiger partial charge in [0.15, 0.2) is 0 Å². The van der Waals surface area contributed by atoms with Crippen LogP contribution in [-0.2, 0) is 11.3 Å². The predicted molar refractivity (Wildman–Crippen MR) is 98.0 cm³/mol. The van der Waals surface area contributed by atoms with Crippen molar-refractivity contribution in [3.63, 3.8) is 0 Å². The summed E-state index contributed by atoms with van der Waals surface area (Å²) in [7, 11) is 0. The summed E-state index contributed by atoms with van der Waals surface area (Å²) in [5.74, 6) is -0.119. The Morgan fingerprint density at radius 3 is 2.79 bits per heavy atom. The highest BCUT2D eigenvalue weighted by molar-refractivity contribution is 9.10. The molecular formula is C16H17BrClN5O. The van der Waals surface area contributed by atoms with E-state index in [2.05, 4.69) is 42.9 Å². The fourth-order valence-corrected chi connectivity index (χ4v) is 3.04. The molecule has 5 N–H and O–H groups in total. The van der Waals surface area contributed by atoms with Crippen molar-refractivity contribution in [2.24, 2.45) is 0 Å². The van der Waals surface area contributed by atoms with E-state index >= 15 is 0 Å². The molecule has 24 heavy (non-hydrogen) atoms. The van der Waals surface area contributed by atoms with E-state index in [0.717, 1.165) is 15.7 Å². The zero-order valence-electron chi connectivity index (χ0n) is 12.6. The van der Waals surface area contributed by atoms with Crippen molar-refractivity contribution in [3.8, 4) is 0 Å². The van der Waals surface area contributed by atoms with Gasteiger partial charge in [0.1, 0.15) is 12.2 Å². The van der Waals surface area contributed by atoms with Gasteiger partial charge in [-0.05, 0) is 35.9 Å². The summed E-state index contributed by atoms with van der Waals surface area (Å²) in [5.41, 5.74) is 10.5. The molecule has 6 nitrogen and oxygen atoms in total. The van der Waals surface area contributed by atoms with Crippen LogP contribution in [0, 0.1) is 0 Å². The summed E-state index contributed by atoms with van der Waals surface area (Å²) in [6, 6.07) is 14.7. The quantitative estimate of drug-likeness (QED) is 0.522. The first-order valence-corrected chi connectivity index (χ1v) is 8.59. The van der Waals surface area contributed by atoms with Crippen molar-refractivity contribution in [2.75, 3.05) is 5.32 Å².